The van der Waals surface area contributed by atoms with Crippen LogP contribution in [0.3, 0.4) is 0 Å². The first-order valence-electron chi connectivity index (χ1n) is 11.7. The van der Waals surface area contributed by atoms with Crippen LogP contribution in [0.25, 0.3) is 11.2 Å². The lowest BCUT2D eigenvalue weighted by Gasteiger charge is -2.27. The number of rotatable bonds is 7. The number of nitrogens with two attached hydrogens (primary N) is 1. The summed E-state index contributed by atoms with van der Waals surface area (Å²) in [5, 5.41) is 24.5. The van der Waals surface area contributed by atoms with Crippen LogP contribution in [-0.4, -0.2) is 71.9 Å². The third kappa shape index (κ3) is 4.98. The summed E-state index contributed by atoms with van der Waals surface area (Å²) in [6, 6.07) is 8.37. The fraction of sp³-hybridized carbons (Fsp3) is 0.455. The maximum absolute atomic E-state index is 13.2. The summed E-state index contributed by atoms with van der Waals surface area (Å²) in [5.41, 5.74) is 4.07. The largest absolute Gasteiger partial charge is 0.457 e. The quantitative estimate of drug-likeness (QED) is 0.199. The number of benzene rings is 1. The Labute approximate surface area is 220 Å². The number of esters is 1. The first kappa shape index (κ1) is 26.8. The Morgan fingerprint density at radius 1 is 1.42 bits per heavy atom. The maximum Gasteiger partial charge on any atom is 0.327 e. The highest BCUT2D eigenvalue weighted by Crippen LogP contribution is 2.61. The summed E-state index contributed by atoms with van der Waals surface area (Å²) >= 11 is 0.937. The van der Waals surface area contributed by atoms with Crippen LogP contribution in [0, 0.1) is 0 Å². The van der Waals surface area contributed by atoms with Gasteiger partial charge in [-0.15, -0.1) is 0 Å². The molecule has 1 aromatic carbocycles. The molecule has 0 spiro atoms. The molecule has 2 aliphatic heterocycles. The van der Waals surface area contributed by atoms with E-state index in [0.717, 1.165) is 16.9 Å². The van der Waals surface area contributed by atoms with Crippen molar-refractivity contribution in [2.75, 3.05) is 18.1 Å². The normalized spacial score (nSPS) is 32.0. The number of anilines is 1. The Morgan fingerprint density at radius 3 is 2.89 bits per heavy atom. The number of H-pyrrole nitrogens is 1. The molecule has 0 amide bonds. The number of hydrogen-bond acceptors (Lipinski definition) is 12. The van der Waals surface area contributed by atoms with Gasteiger partial charge in [0.25, 0.3) is 5.56 Å². The molecule has 204 valence electrons. The zero-order valence-electron chi connectivity index (χ0n) is 20.4. The summed E-state index contributed by atoms with van der Waals surface area (Å²) < 4.78 is 31.5. The monoisotopic (exact) mass is 566 g/mol. The number of nitrogens with zero attached hydrogens (tertiary/aromatic N) is 3. The zero-order valence-corrected chi connectivity index (χ0v) is 22.1. The number of imidazole rings is 1. The predicted molar refractivity (Wildman–Crippen MR) is 137 cm³/mol. The molecule has 6 N–H and O–H groups in total. The Morgan fingerprint density at radius 2 is 2.16 bits per heavy atom. The van der Waals surface area contributed by atoms with Crippen LogP contribution in [0.15, 0.2) is 41.5 Å². The summed E-state index contributed by atoms with van der Waals surface area (Å²) in [4.78, 5) is 35.1. The topological polar surface area (TPSA) is 204 Å². The molecule has 0 bridgehead atoms. The molecule has 4 heterocycles. The van der Waals surface area contributed by atoms with E-state index in [1.807, 2.05) is 30.3 Å². The Hall–Kier alpha value is -2.78. The van der Waals surface area contributed by atoms with E-state index in [1.54, 1.807) is 6.92 Å². The van der Waals surface area contributed by atoms with Gasteiger partial charge in [-0.3, -0.25) is 23.7 Å². The third-order valence-corrected chi connectivity index (χ3v) is 10.5. The highest BCUT2D eigenvalue weighted by Gasteiger charge is 2.54. The molecular weight excluding hydrogens is 539 g/mol. The molecule has 2 aliphatic rings. The van der Waals surface area contributed by atoms with Crippen molar-refractivity contribution >= 4 is 41.2 Å². The smallest absolute Gasteiger partial charge is 0.327 e. The standard InChI is InChI=1S/C22H27N6O8PS/c1-11(12-6-4-3-5-7-12)35-19(31)13-9-38-37(33,27-13)34-8-14-16(29)22(2,32)20(36-14)28-10-24-15-17(28)25-21(23)26-18(15)30/h3-7,10-11,13-14,16,20,29,32H,8-9H2,1-2H3,(H,27,33)(H3,23,25,26,30)/t11-,13?,14?,16+,20+,22+,37?/m0/s1. The molecule has 2 fully saturated rings. The predicted octanol–water partition coefficient (Wildman–Crippen LogP) is 0.845. The average molecular weight is 567 g/mol. The lowest BCUT2D eigenvalue weighted by atomic mass is 9.96. The van der Waals surface area contributed by atoms with Gasteiger partial charge in [0, 0.05) is 5.75 Å². The first-order valence-corrected chi connectivity index (χ1v) is 14.9. The van der Waals surface area contributed by atoms with Gasteiger partial charge >= 0.3 is 12.7 Å². The highest BCUT2D eigenvalue weighted by molar-refractivity contribution is 8.56. The third-order valence-electron chi connectivity index (χ3n) is 6.44. The van der Waals surface area contributed by atoms with Crippen LogP contribution < -0.4 is 16.4 Å². The molecule has 38 heavy (non-hydrogen) atoms. The Kier molecular flexibility index (Phi) is 7.11. The molecule has 14 nitrogen and oxygen atoms in total. The molecule has 3 unspecified atom stereocenters. The summed E-state index contributed by atoms with van der Waals surface area (Å²) in [6.07, 6.45) is -3.03. The minimum absolute atomic E-state index is 0.0247. The van der Waals surface area contributed by atoms with E-state index in [-0.39, 0.29) is 29.5 Å². The van der Waals surface area contributed by atoms with Crippen molar-refractivity contribution in [2.24, 2.45) is 0 Å². The van der Waals surface area contributed by atoms with Gasteiger partial charge in [0.2, 0.25) is 5.95 Å². The van der Waals surface area contributed by atoms with E-state index in [9.17, 15) is 24.4 Å². The van der Waals surface area contributed by atoms with E-state index in [4.69, 9.17) is 19.7 Å². The molecule has 2 saturated heterocycles. The van der Waals surface area contributed by atoms with Crippen LogP contribution in [0.1, 0.15) is 31.7 Å². The van der Waals surface area contributed by atoms with Crippen LogP contribution in [0.5, 0.6) is 0 Å². The summed E-state index contributed by atoms with van der Waals surface area (Å²) in [5.74, 6) is -0.561. The van der Waals surface area contributed by atoms with Crippen LogP contribution in [0.2, 0.25) is 0 Å². The van der Waals surface area contributed by atoms with Gasteiger partial charge in [0.05, 0.1) is 12.9 Å². The Balaban J connectivity index is 1.23. The highest BCUT2D eigenvalue weighted by atomic mass is 32.7. The SMILES string of the molecule is C[C@H](OC(=O)C1CSP(=O)(OCC2O[C@@H](n3cnc4c(=O)[nH]c(N)nc43)[C@](C)(O)[C@@H]2O)N1)c1ccccc1. The van der Waals surface area contributed by atoms with Gasteiger partial charge in [-0.05, 0) is 19.4 Å². The molecule has 2 aromatic heterocycles. The van der Waals surface area contributed by atoms with Crippen LogP contribution in [-0.2, 0) is 23.4 Å². The number of aliphatic hydroxyl groups excluding tert-OH is 1. The van der Waals surface area contributed by atoms with Crippen LogP contribution in [0.4, 0.5) is 5.95 Å². The number of nitrogens with one attached hydrogen (secondary N) is 2. The minimum atomic E-state index is -3.55. The van der Waals surface area contributed by atoms with Crippen molar-refractivity contribution in [1.82, 2.24) is 24.6 Å². The molecule has 16 heteroatoms. The van der Waals surface area contributed by atoms with Crippen molar-refractivity contribution in [3.8, 4) is 0 Å². The van der Waals surface area contributed by atoms with E-state index >= 15 is 0 Å². The van der Waals surface area contributed by atoms with Crippen molar-refractivity contribution in [2.45, 2.75) is 50.0 Å². The first-order chi connectivity index (χ1) is 18.0. The van der Waals surface area contributed by atoms with E-state index < -0.39 is 54.4 Å². The number of aromatic nitrogens is 4. The molecule has 3 aromatic rings. The number of ether oxygens (including phenoxy) is 2. The lowest BCUT2D eigenvalue weighted by molar-refractivity contribution is -0.150. The number of nitrogen functional groups attached to an aromatic ring is 1. The molecule has 0 saturated carbocycles. The van der Waals surface area contributed by atoms with Gasteiger partial charge in [0.15, 0.2) is 17.4 Å². The van der Waals surface area contributed by atoms with E-state index in [1.165, 1.54) is 17.8 Å². The number of hydrogen-bond donors (Lipinski definition) is 5. The van der Waals surface area contributed by atoms with Gasteiger partial charge in [-0.1, -0.05) is 41.7 Å². The number of aliphatic hydroxyl groups is 2. The van der Waals surface area contributed by atoms with Crippen molar-refractivity contribution < 1.29 is 33.6 Å². The zero-order chi connectivity index (χ0) is 27.2. The molecule has 0 radical (unpaired) electrons. The summed E-state index contributed by atoms with van der Waals surface area (Å²) in [7, 11) is 0. The summed E-state index contributed by atoms with van der Waals surface area (Å²) in [6.45, 7) is -0.825. The fourth-order valence-electron chi connectivity index (χ4n) is 4.35. The van der Waals surface area contributed by atoms with E-state index in [0.29, 0.717) is 0 Å². The number of aromatic amines is 1. The number of carbonyl (C=O) groups is 1. The number of carbonyl (C=O) groups excluding carboxylic acids is 1. The molecular formula is C22H27N6O8PS. The molecule has 7 atom stereocenters. The fourth-order valence-corrected chi connectivity index (χ4v) is 8.23. The second-order valence-corrected chi connectivity index (χ2v) is 13.6. The van der Waals surface area contributed by atoms with Crippen molar-refractivity contribution in [3.05, 3.63) is 52.6 Å². The second-order valence-electron chi connectivity index (χ2n) is 9.23. The molecule has 5 rings (SSSR count). The minimum Gasteiger partial charge on any atom is -0.457 e. The Bertz CT molecular complexity index is 1450. The van der Waals surface area contributed by atoms with Crippen molar-refractivity contribution in [3.63, 3.8) is 0 Å². The van der Waals surface area contributed by atoms with Crippen molar-refractivity contribution in [1.29, 1.82) is 0 Å². The van der Waals surface area contributed by atoms with Gasteiger partial charge < -0.3 is 29.9 Å². The lowest BCUT2D eigenvalue weighted by Crippen LogP contribution is -2.44. The van der Waals surface area contributed by atoms with E-state index in [2.05, 4.69) is 20.0 Å². The van der Waals surface area contributed by atoms with Crippen LogP contribution >= 0.6 is 18.1 Å². The maximum atomic E-state index is 13.2. The van der Waals surface area contributed by atoms with Gasteiger partial charge in [0.1, 0.15) is 30.0 Å². The van der Waals surface area contributed by atoms with Gasteiger partial charge in [-0.25, -0.2) is 10.1 Å². The van der Waals surface area contributed by atoms with Gasteiger partial charge in [-0.2, -0.15) is 4.98 Å². The number of fused-ring (bicyclic) bond motifs is 1. The molecule has 0 aliphatic carbocycles. The average Bonchev–Trinajstić information content (AvgIpc) is 3.54. The second kappa shape index (κ2) is 10.1.